The summed E-state index contributed by atoms with van der Waals surface area (Å²) in [6, 6.07) is 0. The molecule has 0 saturated carbocycles. The Labute approximate surface area is 37.9 Å². The molecule has 35 valence electrons. The first-order valence-corrected chi connectivity index (χ1v) is 2.30. The van der Waals surface area contributed by atoms with Crippen molar-refractivity contribution in [3.05, 3.63) is 6.54 Å². The lowest BCUT2D eigenvalue weighted by Crippen LogP contribution is -2.34. The van der Waals surface area contributed by atoms with Crippen LogP contribution in [-0.4, -0.2) is 6.54 Å². The molecule has 0 aromatic heterocycles. The molecule has 2 heteroatoms. The predicted octanol–water partition coefficient (Wildman–Crippen LogP) is 0.0362. The molecule has 1 heterocycles. The van der Waals surface area contributed by atoms with Crippen molar-refractivity contribution in [2.45, 2.75) is 12.8 Å². The molecule has 0 aromatic carbocycles. The van der Waals surface area contributed by atoms with Crippen LogP contribution in [0.15, 0.2) is 0 Å². The fourth-order valence-electron chi connectivity index (χ4n) is 0.509. The van der Waals surface area contributed by atoms with Gasteiger partial charge in [0.05, 0.1) is 0 Å². The zero-order chi connectivity index (χ0) is 4.24. The van der Waals surface area contributed by atoms with E-state index < -0.39 is 0 Å². The Hall–Kier alpha value is -0.0800. The predicted molar refractivity (Wildman–Crippen MR) is 24.7 cm³/mol. The van der Waals surface area contributed by atoms with Gasteiger partial charge in [-0.15, -0.1) is 0 Å². The maximum absolute atomic E-state index is 2.98. The summed E-state index contributed by atoms with van der Waals surface area (Å²) < 4.78 is 0. The van der Waals surface area contributed by atoms with Crippen molar-refractivity contribution in [3.8, 4) is 0 Å². The van der Waals surface area contributed by atoms with Crippen molar-refractivity contribution in [1.29, 1.82) is 0 Å². The quantitative estimate of drug-likeness (QED) is 0.434. The van der Waals surface area contributed by atoms with Crippen LogP contribution in [0.4, 0.5) is 0 Å². The number of nitrogens with one attached hydrogen (secondary N) is 2. The van der Waals surface area contributed by atoms with Crippen LogP contribution in [0, 0.1) is 6.54 Å². The van der Waals surface area contributed by atoms with Gasteiger partial charge in [0.1, 0.15) is 0 Å². The lowest BCUT2D eigenvalue weighted by Gasteiger charge is -2.10. The summed E-state index contributed by atoms with van der Waals surface area (Å²) >= 11 is 0. The van der Waals surface area contributed by atoms with Gasteiger partial charge in [-0.25, -0.2) is 0 Å². The Kier molecular flexibility index (Phi) is 1.47. The van der Waals surface area contributed by atoms with Gasteiger partial charge >= 0.3 is 0 Å². The van der Waals surface area contributed by atoms with E-state index in [-0.39, 0.29) is 0 Å². The molecule has 1 rings (SSSR count). The zero-order valence-electron chi connectivity index (χ0n) is 3.70. The second-order valence-corrected chi connectivity index (χ2v) is 1.42. The Bertz CT molecular complexity index is 21.0. The first kappa shape index (κ1) is 4.09. The molecule has 1 radical (unpaired) electrons. The number of rotatable bonds is 0. The van der Waals surface area contributed by atoms with Gasteiger partial charge in [-0.1, -0.05) is 0 Å². The highest BCUT2D eigenvalue weighted by Gasteiger charge is 1.92. The van der Waals surface area contributed by atoms with Gasteiger partial charge in [0.2, 0.25) is 0 Å². The highest BCUT2D eigenvalue weighted by atomic mass is 15.4. The molecule has 0 bridgehead atoms. The van der Waals surface area contributed by atoms with Crippen LogP contribution in [0.5, 0.6) is 0 Å². The van der Waals surface area contributed by atoms with Gasteiger partial charge in [-0.05, 0) is 12.8 Å². The van der Waals surface area contributed by atoms with E-state index in [2.05, 4.69) is 10.9 Å². The van der Waals surface area contributed by atoms with Crippen molar-refractivity contribution < 1.29 is 0 Å². The van der Waals surface area contributed by atoms with Crippen molar-refractivity contribution >= 4 is 0 Å². The molecule has 1 fully saturated rings. The number of hydrogen-bond donors (Lipinski definition) is 2. The summed E-state index contributed by atoms with van der Waals surface area (Å²) in [6.07, 6.45) is 2.47. The van der Waals surface area contributed by atoms with Crippen LogP contribution in [0.3, 0.4) is 0 Å². The van der Waals surface area contributed by atoms with E-state index in [4.69, 9.17) is 0 Å². The molecule has 1 aliphatic rings. The minimum absolute atomic E-state index is 1.11. The molecule has 0 atom stereocenters. The molecular formula is C4H9N2. The van der Waals surface area contributed by atoms with Crippen LogP contribution in [0.25, 0.3) is 0 Å². The average Bonchev–Trinajstić information content (AvgIpc) is 1.72. The molecule has 0 spiro atoms. The van der Waals surface area contributed by atoms with Crippen molar-refractivity contribution in [3.63, 3.8) is 0 Å². The summed E-state index contributed by atoms with van der Waals surface area (Å²) in [7, 11) is 0. The maximum atomic E-state index is 2.98. The van der Waals surface area contributed by atoms with Crippen molar-refractivity contribution in [2.75, 3.05) is 6.54 Å². The third-order valence-electron chi connectivity index (χ3n) is 0.854. The van der Waals surface area contributed by atoms with Crippen LogP contribution in [-0.2, 0) is 0 Å². The number of hydrazine groups is 1. The van der Waals surface area contributed by atoms with E-state index in [0.717, 1.165) is 6.54 Å². The molecule has 0 aliphatic carbocycles. The second-order valence-electron chi connectivity index (χ2n) is 1.42. The van der Waals surface area contributed by atoms with Crippen LogP contribution >= 0.6 is 0 Å². The summed E-state index contributed by atoms with van der Waals surface area (Å²) in [6.45, 7) is 3.14. The summed E-state index contributed by atoms with van der Waals surface area (Å²) in [4.78, 5) is 0. The van der Waals surface area contributed by atoms with Crippen LogP contribution in [0.1, 0.15) is 12.8 Å². The molecular weight excluding hydrogens is 76.1 g/mol. The maximum Gasteiger partial charge on any atom is 0.0380 e. The third-order valence-corrected chi connectivity index (χ3v) is 0.854. The summed E-state index contributed by atoms with van der Waals surface area (Å²) in [5.41, 5.74) is 5.89. The molecule has 2 N–H and O–H groups in total. The van der Waals surface area contributed by atoms with Gasteiger partial charge in [0.15, 0.2) is 0 Å². The summed E-state index contributed by atoms with van der Waals surface area (Å²) in [5, 5.41) is 0. The fraction of sp³-hybridized carbons (Fsp3) is 0.750. The monoisotopic (exact) mass is 85.1 g/mol. The minimum Gasteiger partial charge on any atom is -0.258 e. The molecule has 2 nitrogen and oxygen atoms in total. The van der Waals surface area contributed by atoms with E-state index in [1.807, 2.05) is 6.54 Å². The van der Waals surface area contributed by atoms with E-state index >= 15 is 0 Å². The van der Waals surface area contributed by atoms with Gasteiger partial charge in [0.25, 0.3) is 0 Å². The molecule has 6 heavy (non-hydrogen) atoms. The topological polar surface area (TPSA) is 24.1 Å². The largest absolute Gasteiger partial charge is 0.258 e. The highest BCUT2D eigenvalue weighted by molar-refractivity contribution is 4.63. The van der Waals surface area contributed by atoms with E-state index in [9.17, 15) is 0 Å². The zero-order valence-corrected chi connectivity index (χ0v) is 3.70. The molecule has 0 aromatic rings. The first-order valence-electron chi connectivity index (χ1n) is 2.30. The number of hydrogen-bond acceptors (Lipinski definition) is 2. The fourth-order valence-corrected chi connectivity index (χ4v) is 0.509. The van der Waals surface area contributed by atoms with E-state index in [1.165, 1.54) is 12.8 Å². The van der Waals surface area contributed by atoms with Crippen LogP contribution in [0.2, 0.25) is 0 Å². The van der Waals surface area contributed by atoms with E-state index in [0.29, 0.717) is 0 Å². The smallest absolute Gasteiger partial charge is 0.0380 e. The van der Waals surface area contributed by atoms with Crippen molar-refractivity contribution in [1.82, 2.24) is 10.9 Å². The average molecular weight is 85.1 g/mol. The Balaban J connectivity index is 2.00. The van der Waals surface area contributed by atoms with E-state index in [1.54, 1.807) is 0 Å². The molecule has 1 saturated heterocycles. The van der Waals surface area contributed by atoms with Gasteiger partial charge in [0, 0.05) is 13.1 Å². The first-order chi connectivity index (χ1) is 3.00. The standard InChI is InChI=1S/C4H9N2/c1-2-4-6-5-3-1/h3,5-6H,1-2,4H2. The lowest BCUT2D eigenvalue weighted by molar-refractivity contribution is 0.497. The highest BCUT2D eigenvalue weighted by Crippen LogP contribution is 1.90. The Morgan fingerprint density at radius 2 is 2.50 bits per heavy atom. The van der Waals surface area contributed by atoms with Gasteiger partial charge in [-0.3, -0.25) is 10.9 Å². The lowest BCUT2D eigenvalue weighted by atomic mass is 10.3. The molecule has 1 aliphatic heterocycles. The molecule has 0 amide bonds. The third kappa shape index (κ3) is 0.954. The normalized spacial score (nSPS) is 24.0. The SMILES string of the molecule is [CH]1CCCNN1. The molecule has 0 unspecified atom stereocenters. The van der Waals surface area contributed by atoms with Crippen LogP contribution < -0.4 is 10.9 Å². The summed E-state index contributed by atoms with van der Waals surface area (Å²) in [5.74, 6) is 0. The minimum atomic E-state index is 1.11. The second kappa shape index (κ2) is 2.16. The van der Waals surface area contributed by atoms with Gasteiger partial charge < -0.3 is 0 Å². The van der Waals surface area contributed by atoms with Gasteiger partial charge in [-0.2, -0.15) is 0 Å². The Morgan fingerprint density at radius 3 is 2.67 bits per heavy atom. The van der Waals surface area contributed by atoms with Crippen molar-refractivity contribution in [2.24, 2.45) is 0 Å². The Morgan fingerprint density at radius 1 is 1.50 bits per heavy atom.